The number of halogens is 1. The number of benzene rings is 1. The molecule has 19 heavy (non-hydrogen) atoms. The second kappa shape index (κ2) is 6.22. The fraction of sp³-hybridized carbons (Fsp3) is 0.538. The number of sulfonamides is 1. The first kappa shape index (κ1) is 16.4. The topological polar surface area (TPSA) is 58.2 Å². The van der Waals surface area contributed by atoms with E-state index < -0.39 is 15.6 Å². The molecule has 0 bridgehead atoms. The third-order valence-corrected chi connectivity index (χ3v) is 5.14. The van der Waals surface area contributed by atoms with Crippen molar-refractivity contribution >= 4 is 21.6 Å². The van der Waals surface area contributed by atoms with Crippen molar-refractivity contribution in [3.63, 3.8) is 0 Å². The Morgan fingerprint density at radius 1 is 1.32 bits per heavy atom. The minimum absolute atomic E-state index is 0.128. The predicted molar refractivity (Wildman–Crippen MR) is 78.9 cm³/mol. The Balaban J connectivity index is 3.17. The fourth-order valence-corrected chi connectivity index (χ4v) is 3.59. The molecule has 0 heterocycles. The van der Waals surface area contributed by atoms with Gasteiger partial charge in [0.05, 0.1) is 5.02 Å². The molecule has 1 aromatic carbocycles. The highest BCUT2D eigenvalue weighted by atomic mass is 35.5. The van der Waals surface area contributed by atoms with E-state index in [1.54, 1.807) is 19.2 Å². The Labute approximate surface area is 120 Å². The fourth-order valence-electron chi connectivity index (χ4n) is 1.56. The molecule has 0 saturated carbocycles. The molecule has 0 spiro atoms. The lowest BCUT2D eigenvalue weighted by molar-refractivity contribution is 0.439. The first-order valence-corrected chi connectivity index (χ1v) is 8.05. The summed E-state index contributed by atoms with van der Waals surface area (Å²) in [6, 6.07) is 5.03. The lowest BCUT2D eigenvalue weighted by atomic mass is 10.0. The van der Waals surface area contributed by atoms with Crippen LogP contribution in [-0.4, -0.2) is 21.0 Å². The maximum atomic E-state index is 12.4. The molecule has 1 aromatic rings. The van der Waals surface area contributed by atoms with Crippen molar-refractivity contribution in [1.29, 1.82) is 0 Å². The standard InChI is InChI=1S/C13H21ClN2O2S/c1-5-13(2,3)16-19(17,18)12-8-10(9-15-4)6-7-11(12)14/h6-8,15-16H,5,9H2,1-4H3. The van der Waals surface area contributed by atoms with Crippen molar-refractivity contribution in [2.45, 2.75) is 44.2 Å². The van der Waals surface area contributed by atoms with Crippen LogP contribution in [0.5, 0.6) is 0 Å². The van der Waals surface area contributed by atoms with Crippen LogP contribution in [0.4, 0.5) is 0 Å². The van der Waals surface area contributed by atoms with Crippen LogP contribution < -0.4 is 10.0 Å². The summed E-state index contributed by atoms with van der Waals surface area (Å²) in [6.45, 7) is 6.21. The van der Waals surface area contributed by atoms with Crippen LogP contribution in [0.1, 0.15) is 32.8 Å². The van der Waals surface area contributed by atoms with E-state index in [2.05, 4.69) is 10.0 Å². The van der Waals surface area contributed by atoms with Crippen molar-refractivity contribution in [2.75, 3.05) is 7.05 Å². The molecule has 0 aliphatic heterocycles. The van der Waals surface area contributed by atoms with Crippen LogP contribution in [-0.2, 0) is 16.6 Å². The molecule has 0 unspecified atom stereocenters. The average Bonchev–Trinajstić information content (AvgIpc) is 2.30. The molecule has 0 saturated heterocycles. The normalized spacial score (nSPS) is 12.7. The number of rotatable bonds is 6. The van der Waals surface area contributed by atoms with E-state index in [0.717, 1.165) is 5.56 Å². The zero-order valence-electron chi connectivity index (χ0n) is 11.7. The molecule has 108 valence electrons. The van der Waals surface area contributed by atoms with Gasteiger partial charge in [-0.1, -0.05) is 24.6 Å². The first-order valence-electron chi connectivity index (χ1n) is 6.19. The zero-order valence-corrected chi connectivity index (χ0v) is 13.3. The Morgan fingerprint density at radius 2 is 1.95 bits per heavy atom. The van der Waals surface area contributed by atoms with Gasteiger partial charge in [0.15, 0.2) is 0 Å². The van der Waals surface area contributed by atoms with E-state index in [9.17, 15) is 8.42 Å². The molecular weight excluding hydrogens is 284 g/mol. The second-order valence-corrected chi connectivity index (χ2v) is 7.20. The maximum absolute atomic E-state index is 12.4. The summed E-state index contributed by atoms with van der Waals surface area (Å²) in [5.74, 6) is 0. The van der Waals surface area contributed by atoms with Crippen molar-refractivity contribution in [1.82, 2.24) is 10.0 Å². The van der Waals surface area contributed by atoms with Crippen LogP contribution in [0, 0.1) is 0 Å². The third-order valence-electron chi connectivity index (χ3n) is 2.96. The Kier molecular flexibility index (Phi) is 5.38. The molecule has 2 N–H and O–H groups in total. The van der Waals surface area contributed by atoms with Crippen LogP contribution in [0.25, 0.3) is 0 Å². The van der Waals surface area contributed by atoms with Gasteiger partial charge in [0.2, 0.25) is 10.0 Å². The largest absolute Gasteiger partial charge is 0.316 e. The summed E-state index contributed by atoms with van der Waals surface area (Å²) in [7, 11) is -1.80. The highest BCUT2D eigenvalue weighted by molar-refractivity contribution is 7.89. The minimum Gasteiger partial charge on any atom is -0.316 e. The minimum atomic E-state index is -3.61. The van der Waals surface area contributed by atoms with Gasteiger partial charge in [-0.15, -0.1) is 0 Å². The van der Waals surface area contributed by atoms with Gasteiger partial charge in [0, 0.05) is 12.1 Å². The zero-order chi connectivity index (χ0) is 14.7. The van der Waals surface area contributed by atoms with Crippen molar-refractivity contribution in [2.24, 2.45) is 0 Å². The molecule has 0 amide bonds. The summed E-state index contributed by atoms with van der Waals surface area (Å²) in [5.41, 5.74) is 0.378. The van der Waals surface area contributed by atoms with Gasteiger partial charge in [0.25, 0.3) is 0 Å². The predicted octanol–water partition coefficient (Wildman–Crippen LogP) is 2.53. The van der Waals surface area contributed by atoms with E-state index in [1.165, 1.54) is 0 Å². The summed E-state index contributed by atoms with van der Waals surface area (Å²) in [5, 5.41) is 3.22. The molecule has 1 rings (SSSR count). The van der Waals surface area contributed by atoms with E-state index in [1.807, 2.05) is 26.8 Å². The quantitative estimate of drug-likeness (QED) is 0.849. The first-order chi connectivity index (χ1) is 8.72. The lowest BCUT2D eigenvalue weighted by Crippen LogP contribution is -2.42. The molecule has 0 aliphatic carbocycles. The van der Waals surface area contributed by atoms with Gasteiger partial charge in [-0.05, 0) is 45.0 Å². The van der Waals surface area contributed by atoms with Gasteiger partial charge >= 0.3 is 0 Å². The van der Waals surface area contributed by atoms with Crippen molar-refractivity contribution < 1.29 is 8.42 Å². The van der Waals surface area contributed by atoms with Gasteiger partial charge in [-0.25, -0.2) is 13.1 Å². The van der Waals surface area contributed by atoms with E-state index in [-0.39, 0.29) is 9.92 Å². The third kappa shape index (κ3) is 4.45. The molecule has 0 aliphatic rings. The molecule has 4 nitrogen and oxygen atoms in total. The van der Waals surface area contributed by atoms with Crippen LogP contribution in [0.15, 0.2) is 23.1 Å². The highest BCUT2D eigenvalue weighted by Crippen LogP contribution is 2.24. The summed E-state index contributed by atoms with van der Waals surface area (Å²) < 4.78 is 27.4. The average molecular weight is 305 g/mol. The molecule has 0 atom stereocenters. The number of hydrogen-bond acceptors (Lipinski definition) is 3. The van der Waals surface area contributed by atoms with Gasteiger partial charge in [-0.3, -0.25) is 0 Å². The van der Waals surface area contributed by atoms with Gasteiger partial charge < -0.3 is 5.32 Å². The summed E-state index contributed by atoms with van der Waals surface area (Å²) in [6.07, 6.45) is 0.694. The summed E-state index contributed by atoms with van der Waals surface area (Å²) >= 11 is 6.01. The monoisotopic (exact) mass is 304 g/mol. The molecular formula is C13H21ClN2O2S. The maximum Gasteiger partial charge on any atom is 0.242 e. The SMILES string of the molecule is CCC(C)(C)NS(=O)(=O)c1cc(CNC)ccc1Cl. The van der Waals surface area contributed by atoms with Gasteiger partial charge in [-0.2, -0.15) is 0 Å². The van der Waals surface area contributed by atoms with Crippen LogP contribution in [0.2, 0.25) is 5.02 Å². The molecule has 6 heteroatoms. The number of nitrogens with one attached hydrogen (secondary N) is 2. The lowest BCUT2D eigenvalue weighted by Gasteiger charge is -2.24. The molecule has 0 radical (unpaired) electrons. The Hall–Kier alpha value is -0.620. The van der Waals surface area contributed by atoms with Crippen LogP contribution >= 0.6 is 11.6 Å². The van der Waals surface area contributed by atoms with E-state index >= 15 is 0 Å². The Morgan fingerprint density at radius 3 is 2.47 bits per heavy atom. The van der Waals surface area contributed by atoms with Crippen molar-refractivity contribution in [3.8, 4) is 0 Å². The smallest absolute Gasteiger partial charge is 0.242 e. The second-order valence-electron chi connectivity index (χ2n) is 5.14. The van der Waals surface area contributed by atoms with Crippen molar-refractivity contribution in [3.05, 3.63) is 28.8 Å². The number of hydrogen-bond donors (Lipinski definition) is 2. The van der Waals surface area contributed by atoms with Crippen LogP contribution in [0.3, 0.4) is 0 Å². The molecule has 0 fully saturated rings. The summed E-state index contributed by atoms with van der Waals surface area (Å²) in [4.78, 5) is 0.128. The van der Waals surface area contributed by atoms with Gasteiger partial charge in [0.1, 0.15) is 4.90 Å². The van der Waals surface area contributed by atoms with E-state index in [4.69, 9.17) is 11.6 Å². The molecule has 0 aromatic heterocycles. The Bertz CT molecular complexity index is 542. The highest BCUT2D eigenvalue weighted by Gasteiger charge is 2.26. The van der Waals surface area contributed by atoms with E-state index in [0.29, 0.717) is 13.0 Å².